The second-order valence-electron chi connectivity index (χ2n) is 6.48. The summed E-state index contributed by atoms with van der Waals surface area (Å²) in [6, 6.07) is 11.3. The highest BCUT2D eigenvalue weighted by atomic mass is 16.5. The van der Waals surface area contributed by atoms with Crippen LogP contribution in [0.4, 0.5) is 5.69 Å². The Hall–Kier alpha value is -3.02. The number of rotatable bonds is 8. The summed E-state index contributed by atoms with van der Waals surface area (Å²) in [5.74, 6) is 0.0486. The van der Waals surface area contributed by atoms with Gasteiger partial charge in [0.2, 0.25) is 0 Å². The summed E-state index contributed by atoms with van der Waals surface area (Å²) in [6.45, 7) is 9.16. The minimum Gasteiger partial charge on any atom is -0.490 e. The van der Waals surface area contributed by atoms with Gasteiger partial charge in [0.05, 0.1) is 13.2 Å². The number of anilines is 1. The molecule has 2 N–H and O–H groups in total. The van der Waals surface area contributed by atoms with Crippen LogP contribution in [0, 0.1) is 13.8 Å². The van der Waals surface area contributed by atoms with E-state index in [1.807, 2.05) is 64.1 Å². The lowest BCUT2D eigenvalue weighted by Gasteiger charge is -2.12. The first-order valence-electron chi connectivity index (χ1n) is 9.49. The van der Waals surface area contributed by atoms with Crippen LogP contribution < -0.4 is 20.1 Å². The lowest BCUT2D eigenvalue weighted by molar-refractivity contribution is -0.136. The Kier molecular flexibility index (Phi) is 7.87. The highest BCUT2D eigenvalue weighted by Crippen LogP contribution is 2.28. The Morgan fingerprint density at radius 3 is 2.14 bits per heavy atom. The molecule has 0 bridgehead atoms. The fourth-order valence-corrected chi connectivity index (χ4v) is 2.89. The quantitative estimate of drug-likeness (QED) is 0.684. The van der Waals surface area contributed by atoms with Gasteiger partial charge in [-0.2, -0.15) is 0 Å². The molecular formula is C22H28N2O4. The largest absolute Gasteiger partial charge is 0.490 e. The SMILES string of the molecule is CCOc1ccc(CCNC(=O)C(=O)Nc2cc(C)cc(C)c2)cc1OCC. The summed E-state index contributed by atoms with van der Waals surface area (Å²) in [5.41, 5.74) is 3.65. The Balaban J connectivity index is 1.88. The molecule has 0 heterocycles. The Labute approximate surface area is 166 Å². The van der Waals surface area contributed by atoms with Crippen molar-refractivity contribution in [1.29, 1.82) is 0 Å². The summed E-state index contributed by atoms with van der Waals surface area (Å²) in [4.78, 5) is 24.1. The van der Waals surface area contributed by atoms with E-state index in [-0.39, 0.29) is 0 Å². The molecule has 2 aromatic rings. The van der Waals surface area contributed by atoms with E-state index < -0.39 is 11.8 Å². The van der Waals surface area contributed by atoms with Crippen molar-refractivity contribution in [3.63, 3.8) is 0 Å². The Bertz CT molecular complexity index is 813. The van der Waals surface area contributed by atoms with Crippen molar-refractivity contribution in [3.8, 4) is 11.5 Å². The minimum absolute atomic E-state index is 0.346. The van der Waals surface area contributed by atoms with Crippen LogP contribution in [-0.4, -0.2) is 31.6 Å². The van der Waals surface area contributed by atoms with Gasteiger partial charge in [-0.3, -0.25) is 9.59 Å². The highest BCUT2D eigenvalue weighted by Gasteiger charge is 2.14. The standard InChI is InChI=1S/C22H28N2O4/c1-5-27-19-8-7-17(14-20(19)28-6-2)9-10-23-21(25)22(26)24-18-12-15(3)11-16(4)13-18/h7-8,11-14H,5-6,9-10H2,1-4H3,(H,23,25)(H,24,26). The van der Waals surface area contributed by atoms with Crippen LogP contribution >= 0.6 is 0 Å². The topological polar surface area (TPSA) is 76.7 Å². The molecule has 0 saturated carbocycles. The molecule has 0 radical (unpaired) electrons. The second-order valence-corrected chi connectivity index (χ2v) is 6.48. The number of carbonyl (C=O) groups excluding carboxylic acids is 2. The summed E-state index contributed by atoms with van der Waals surface area (Å²) in [7, 11) is 0. The maximum atomic E-state index is 12.1. The van der Waals surface area contributed by atoms with Crippen LogP contribution in [0.5, 0.6) is 11.5 Å². The summed E-state index contributed by atoms with van der Waals surface area (Å²) in [5, 5.41) is 5.28. The molecule has 0 aliphatic heterocycles. The van der Waals surface area contributed by atoms with Crippen molar-refractivity contribution < 1.29 is 19.1 Å². The number of nitrogens with one attached hydrogen (secondary N) is 2. The molecule has 0 saturated heterocycles. The molecule has 0 atom stereocenters. The third kappa shape index (κ3) is 6.30. The van der Waals surface area contributed by atoms with Crippen LogP contribution in [0.25, 0.3) is 0 Å². The maximum absolute atomic E-state index is 12.1. The lowest BCUT2D eigenvalue weighted by Crippen LogP contribution is -2.36. The molecule has 0 fully saturated rings. The number of ether oxygens (including phenoxy) is 2. The van der Waals surface area contributed by atoms with E-state index in [0.29, 0.717) is 43.4 Å². The minimum atomic E-state index is -0.674. The predicted molar refractivity (Wildman–Crippen MR) is 110 cm³/mol. The summed E-state index contributed by atoms with van der Waals surface area (Å²) >= 11 is 0. The molecule has 0 aliphatic carbocycles. The fraction of sp³-hybridized carbons (Fsp3) is 0.364. The number of aryl methyl sites for hydroxylation is 2. The van der Waals surface area contributed by atoms with Crippen molar-refractivity contribution >= 4 is 17.5 Å². The maximum Gasteiger partial charge on any atom is 0.313 e. The average molecular weight is 384 g/mol. The van der Waals surface area contributed by atoms with Gasteiger partial charge in [-0.25, -0.2) is 0 Å². The van der Waals surface area contributed by atoms with Gasteiger partial charge in [-0.15, -0.1) is 0 Å². The molecule has 0 aliphatic rings. The molecule has 0 spiro atoms. The van der Waals surface area contributed by atoms with Crippen molar-refractivity contribution in [3.05, 3.63) is 53.1 Å². The predicted octanol–water partition coefficient (Wildman–Crippen LogP) is 3.40. The van der Waals surface area contributed by atoms with E-state index in [1.165, 1.54) is 0 Å². The summed E-state index contributed by atoms with van der Waals surface area (Å²) in [6.07, 6.45) is 0.578. The molecular weight excluding hydrogens is 356 g/mol. The highest BCUT2D eigenvalue weighted by molar-refractivity contribution is 6.39. The van der Waals surface area contributed by atoms with Gasteiger partial charge in [0.15, 0.2) is 11.5 Å². The third-order valence-corrected chi connectivity index (χ3v) is 3.99. The van der Waals surface area contributed by atoms with Gasteiger partial charge < -0.3 is 20.1 Å². The van der Waals surface area contributed by atoms with E-state index in [4.69, 9.17) is 9.47 Å². The van der Waals surface area contributed by atoms with E-state index in [1.54, 1.807) is 0 Å². The van der Waals surface area contributed by atoms with Crippen LogP contribution in [0.1, 0.15) is 30.5 Å². The zero-order valence-corrected chi connectivity index (χ0v) is 16.9. The smallest absolute Gasteiger partial charge is 0.313 e. The molecule has 0 aromatic heterocycles. The Morgan fingerprint density at radius 2 is 1.50 bits per heavy atom. The molecule has 0 unspecified atom stereocenters. The van der Waals surface area contributed by atoms with Gasteiger partial charge in [0.1, 0.15) is 0 Å². The number of benzene rings is 2. The third-order valence-electron chi connectivity index (χ3n) is 3.99. The first-order valence-corrected chi connectivity index (χ1v) is 9.49. The van der Waals surface area contributed by atoms with Crippen molar-refractivity contribution in [2.24, 2.45) is 0 Å². The summed E-state index contributed by atoms with van der Waals surface area (Å²) < 4.78 is 11.1. The van der Waals surface area contributed by atoms with Crippen molar-refractivity contribution in [2.45, 2.75) is 34.1 Å². The second kappa shape index (κ2) is 10.3. The molecule has 2 amide bonds. The Morgan fingerprint density at radius 1 is 0.857 bits per heavy atom. The van der Waals surface area contributed by atoms with Gasteiger partial charge in [-0.05, 0) is 75.1 Å². The number of hydrogen-bond donors (Lipinski definition) is 2. The number of carbonyl (C=O) groups is 2. The van der Waals surface area contributed by atoms with E-state index >= 15 is 0 Å². The van der Waals surface area contributed by atoms with Crippen molar-refractivity contribution in [2.75, 3.05) is 25.1 Å². The molecule has 150 valence electrons. The van der Waals surface area contributed by atoms with Crippen LogP contribution in [0.3, 0.4) is 0 Å². The van der Waals surface area contributed by atoms with Crippen LogP contribution in [-0.2, 0) is 16.0 Å². The van der Waals surface area contributed by atoms with Crippen LogP contribution in [0.2, 0.25) is 0 Å². The van der Waals surface area contributed by atoms with E-state index in [2.05, 4.69) is 10.6 Å². The fourth-order valence-electron chi connectivity index (χ4n) is 2.89. The average Bonchev–Trinajstić information content (AvgIpc) is 2.63. The van der Waals surface area contributed by atoms with Crippen molar-refractivity contribution in [1.82, 2.24) is 5.32 Å². The normalized spacial score (nSPS) is 10.3. The molecule has 2 rings (SSSR count). The monoisotopic (exact) mass is 384 g/mol. The zero-order valence-electron chi connectivity index (χ0n) is 16.9. The number of hydrogen-bond acceptors (Lipinski definition) is 4. The molecule has 2 aromatic carbocycles. The van der Waals surface area contributed by atoms with Crippen LogP contribution in [0.15, 0.2) is 36.4 Å². The first kappa shape index (κ1) is 21.3. The van der Waals surface area contributed by atoms with E-state index in [9.17, 15) is 9.59 Å². The van der Waals surface area contributed by atoms with Gasteiger partial charge in [-0.1, -0.05) is 12.1 Å². The lowest BCUT2D eigenvalue weighted by atomic mass is 10.1. The molecule has 6 heteroatoms. The van der Waals surface area contributed by atoms with E-state index in [0.717, 1.165) is 16.7 Å². The van der Waals surface area contributed by atoms with Gasteiger partial charge in [0, 0.05) is 12.2 Å². The van der Waals surface area contributed by atoms with Gasteiger partial charge in [0.25, 0.3) is 0 Å². The molecule has 28 heavy (non-hydrogen) atoms. The zero-order chi connectivity index (χ0) is 20.5. The van der Waals surface area contributed by atoms with Gasteiger partial charge >= 0.3 is 11.8 Å². The first-order chi connectivity index (χ1) is 13.4. The molecule has 6 nitrogen and oxygen atoms in total. The number of amides is 2.